The van der Waals surface area contributed by atoms with E-state index in [1.165, 1.54) is 4.90 Å². The van der Waals surface area contributed by atoms with Crippen LogP contribution in [0.25, 0.3) is 0 Å². The molecule has 3 aliphatic heterocycles. The standard InChI is InChI=1S/C21H26N4O5/c22-19(28)14-4-3-10-24(12-14)18(27)13-25-11-9-21(8-7-17(25)26)23-20(29)15-5-1-2-6-16(15)30-21/h1-2,5-6,14H,3-4,7-13H2,(H2,22,28)(H,23,29)/t14-,21+/m0/s1. The fourth-order valence-corrected chi connectivity index (χ4v) is 4.38. The van der Waals surface area contributed by atoms with Gasteiger partial charge in [0.2, 0.25) is 17.7 Å². The fourth-order valence-electron chi connectivity index (χ4n) is 4.38. The van der Waals surface area contributed by atoms with Crippen molar-refractivity contribution >= 4 is 23.6 Å². The molecule has 2 saturated heterocycles. The molecule has 3 heterocycles. The van der Waals surface area contributed by atoms with Crippen LogP contribution < -0.4 is 15.8 Å². The quantitative estimate of drug-likeness (QED) is 0.734. The number of ether oxygens (including phenoxy) is 1. The van der Waals surface area contributed by atoms with Crippen LogP contribution in [-0.4, -0.2) is 65.3 Å². The van der Waals surface area contributed by atoms with Crippen molar-refractivity contribution in [3.8, 4) is 5.75 Å². The van der Waals surface area contributed by atoms with E-state index in [0.717, 1.165) is 6.42 Å². The van der Waals surface area contributed by atoms with Crippen molar-refractivity contribution in [2.75, 3.05) is 26.2 Å². The number of nitrogens with two attached hydrogens (primary N) is 1. The van der Waals surface area contributed by atoms with E-state index in [2.05, 4.69) is 5.32 Å². The molecule has 9 nitrogen and oxygen atoms in total. The van der Waals surface area contributed by atoms with Gasteiger partial charge in [0, 0.05) is 38.9 Å². The summed E-state index contributed by atoms with van der Waals surface area (Å²) in [5.74, 6) is -0.796. The summed E-state index contributed by atoms with van der Waals surface area (Å²) in [4.78, 5) is 52.5. The summed E-state index contributed by atoms with van der Waals surface area (Å²) in [6, 6.07) is 7.01. The van der Waals surface area contributed by atoms with Gasteiger partial charge in [-0.1, -0.05) is 12.1 Å². The summed E-state index contributed by atoms with van der Waals surface area (Å²) in [6.45, 7) is 1.10. The van der Waals surface area contributed by atoms with Crippen LogP contribution in [-0.2, 0) is 14.4 Å². The van der Waals surface area contributed by atoms with E-state index in [1.807, 2.05) is 0 Å². The maximum Gasteiger partial charge on any atom is 0.258 e. The minimum Gasteiger partial charge on any atom is -0.467 e. The number of para-hydroxylation sites is 1. The Balaban J connectivity index is 1.42. The second kappa shape index (κ2) is 7.97. The minimum absolute atomic E-state index is 0.0507. The van der Waals surface area contributed by atoms with Crippen molar-refractivity contribution in [3.63, 3.8) is 0 Å². The van der Waals surface area contributed by atoms with E-state index < -0.39 is 11.6 Å². The number of fused-ring (bicyclic) bond motifs is 1. The first-order valence-electron chi connectivity index (χ1n) is 10.3. The molecule has 0 aromatic heterocycles. The number of carbonyl (C=O) groups is 4. The highest BCUT2D eigenvalue weighted by molar-refractivity contribution is 5.98. The Labute approximate surface area is 174 Å². The van der Waals surface area contributed by atoms with Crippen molar-refractivity contribution in [1.82, 2.24) is 15.1 Å². The van der Waals surface area contributed by atoms with Crippen LogP contribution in [0.2, 0.25) is 0 Å². The molecule has 0 bridgehead atoms. The second-order valence-corrected chi connectivity index (χ2v) is 8.19. The van der Waals surface area contributed by atoms with E-state index in [0.29, 0.717) is 50.2 Å². The van der Waals surface area contributed by atoms with Gasteiger partial charge in [-0.2, -0.15) is 0 Å². The van der Waals surface area contributed by atoms with Crippen LogP contribution in [0.1, 0.15) is 42.5 Å². The molecule has 2 atom stereocenters. The lowest BCUT2D eigenvalue weighted by atomic mass is 9.97. The Morgan fingerprint density at radius 2 is 2.00 bits per heavy atom. The molecular formula is C21H26N4O5. The summed E-state index contributed by atoms with van der Waals surface area (Å²) in [5.41, 5.74) is 4.91. The van der Waals surface area contributed by atoms with E-state index in [-0.39, 0.29) is 36.6 Å². The SMILES string of the molecule is NC(=O)[C@H]1CCCN(C(=O)CN2CC[C@]3(CCC2=O)NC(=O)c2ccccc2O3)C1. The predicted molar refractivity (Wildman–Crippen MR) is 106 cm³/mol. The number of piperidine rings is 1. The smallest absolute Gasteiger partial charge is 0.258 e. The largest absolute Gasteiger partial charge is 0.467 e. The lowest BCUT2D eigenvalue weighted by Crippen LogP contribution is -2.56. The molecule has 1 aromatic carbocycles. The third kappa shape index (κ3) is 3.96. The van der Waals surface area contributed by atoms with Crippen LogP contribution in [0, 0.1) is 5.92 Å². The number of benzene rings is 1. The van der Waals surface area contributed by atoms with E-state index in [9.17, 15) is 19.2 Å². The first-order valence-corrected chi connectivity index (χ1v) is 10.3. The van der Waals surface area contributed by atoms with E-state index in [4.69, 9.17) is 10.5 Å². The van der Waals surface area contributed by atoms with Gasteiger partial charge in [0.25, 0.3) is 5.91 Å². The zero-order valence-corrected chi connectivity index (χ0v) is 16.8. The number of rotatable bonds is 3. The predicted octanol–water partition coefficient (Wildman–Crippen LogP) is 0.242. The van der Waals surface area contributed by atoms with E-state index in [1.54, 1.807) is 29.2 Å². The summed E-state index contributed by atoms with van der Waals surface area (Å²) in [6.07, 6.45) is 2.29. The fraction of sp³-hybridized carbons (Fsp3) is 0.524. The number of nitrogens with zero attached hydrogens (tertiary/aromatic N) is 2. The number of amides is 4. The maximum absolute atomic E-state index is 12.8. The average Bonchev–Trinajstić information content (AvgIpc) is 2.88. The van der Waals surface area contributed by atoms with Gasteiger partial charge in [0.15, 0.2) is 5.72 Å². The minimum atomic E-state index is -0.957. The second-order valence-electron chi connectivity index (χ2n) is 8.19. The maximum atomic E-state index is 12.8. The van der Waals surface area contributed by atoms with Crippen LogP contribution in [0.3, 0.4) is 0 Å². The number of nitrogens with one attached hydrogen (secondary N) is 1. The molecule has 4 rings (SSSR count). The molecule has 160 valence electrons. The third-order valence-electron chi connectivity index (χ3n) is 6.16. The van der Waals surface area contributed by atoms with Crippen LogP contribution in [0.4, 0.5) is 0 Å². The first-order chi connectivity index (χ1) is 14.4. The first kappa shape index (κ1) is 20.2. The van der Waals surface area contributed by atoms with Crippen molar-refractivity contribution in [1.29, 1.82) is 0 Å². The van der Waals surface area contributed by atoms with Gasteiger partial charge in [-0.05, 0) is 25.0 Å². The summed E-state index contributed by atoms with van der Waals surface area (Å²) >= 11 is 0. The van der Waals surface area contributed by atoms with Gasteiger partial charge in [0.1, 0.15) is 5.75 Å². The highest BCUT2D eigenvalue weighted by atomic mass is 16.5. The average molecular weight is 414 g/mol. The van der Waals surface area contributed by atoms with Crippen LogP contribution in [0.15, 0.2) is 24.3 Å². The molecular weight excluding hydrogens is 388 g/mol. The number of hydrogen-bond acceptors (Lipinski definition) is 5. The van der Waals surface area contributed by atoms with Gasteiger partial charge >= 0.3 is 0 Å². The van der Waals surface area contributed by atoms with E-state index >= 15 is 0 Å². The zero-order valence-electron chi connectivity index (χ0n) is 16.8. The van der Waals surface area contributed by atoms with Crippen LogP contribution in [0.5, 0.6) is 5.75 Å². The molecule has 9 heteroatoms. The normalized spacial score (nSPS) is 26.5. The molecule has 3 N–H and O–H groups in total. The molecule has 2 fully saturated rings. The topological polar surface area (TPSA) is 122 Å². The van der Waals surface area contributed by atoms with Crippen molar-refractivity contribution in [2.45, 2.75) is 37.8 Å². The monoisotopic (exact) mass is 414 g/mol. The van der Waals surface area contributed by atoms with Gasteiger partial charge in [-0.25, -0.2) is 0 Å². The van der Waals surface area contributed by atoms with Gasteiger partial charge in [0.05, 0.1) is 18.0 Å². The van der Waals surface area contributed by atoms with Gasteiger partial charge < -0.3 is 25.6 Å². The summed E-state index contributed by atoms with van der Waals surface area (Å²) in [7, 11) is 0. The summed E-state index contributed by atoms with van der Waals surface area (Å²) < 4.78 is 6.11. The molecule has 3 aliphatic rings. The Morgan fingerprint density at radius 1 is 1.20 bits per heavy atom. The zero-order chi connectivity index (χ0) is 21.3. The Hall–Kier alpha value is -3.10. The lowest BCUT2D eigenvalue weighted by molar-refractivity contribution is -0.142. The Bertz CT molecular complexity index is 888. The van der Waals surface area contributed by atoms with Crippen molar-refractivity contribution in [3.05, 3.63) is 29.8 Å². The highest BCUT2D eigenvalue weighted by Crippen LogP contribution is 2.33. The van der Waals surface area contributed by atoms with Crippen molar-refractivity contribution < 1.29 is 23.9 Å². The number of likely N-dealkylation sites (tertiary alicyclic amines) is 2. The Kier molecular flexibility index (Phi) is 5.36. The van der Waals surface area contributed by atoms with Gasteiger partial charge in [-0.3, -0.25) is 19.2 Å². The van der Waals surface area contributed by atoms with Gasteiger partial charge in [-0.15, -0.1) is 0 Å². The molecule has 0 aliphatic carbocycles. The van der Waals surface area contributed by atoms with Crippen molar-refractivity contribution in [2.24, 2.45) is 11.7 Å². The molecule has 0 radical (unpaired) electrons. The molecule has 0 unspecified atom stereocenters. The molecule has 4 amide bonds. The molecule has 30 heavy (non-hydrogen) atoms. The number of primary amides is 1. The third-order valence-corrected chi connectivity index (χ3v) is 6.16. The molecule has 0 saturated carbocycles. The lowest BCUT2D eigenvalue weighted by Gasteiger charge is -2.38. The summed E-state index contributed by atoms with van der Waals surface area (Å²) in [5, 5.41) is 2.92. The molecule has 1 aromatic rings. The highest BCUT2D eigenvalue weighted by Gasteiger charge is 2.43. The van der Waals surface area contributed by atoms with Crippen LogP contribution >= 0.6 is 0 Å². The number of hydrogen-bond donors (Lipinski definition) is 2. The molecule has 1 spiro atoms. The number of carbonyl (C=O) groups excluding carboxylic acids is 4. The Morgan fingerprint density at radius 3 is 2.80 bits per heavy atom.